The summed E-state index contributed by atoms with van der Waals surface area (Å²) in [5.41, 5.74) is 0. The lowest BCUT2D eigenvalue weighted by Crippen LogP contribution is -2.32. The molecule has 0 aromatic carbocycles. The van der Waals surface area contributed by atoms with Crippen LogP contribution >= 0.6 is 0 Å². The smallest absolute Gasteiger partial charge is 0.407 e. The van der Waals surface area contributed by atoms with Crippen molar-refractivity contribution in [1.82, 2.24) is 15.1 Å². The van der Waals surface area contributed by atoms with Gasteiger partial charge in [-0.1, -0.05) is 192 Å². The van der Waals surface area contributed by atoms with Crippen molar-refractivity contribution in [3.05, 3.63) is 24.3 Å². The standard InChI is InChI=1S/C62H119N3O6/c1-6-8-10-12-14-16-18-20-22-24-26-28-30-32-34-36-38-40-42-51-60(66)69-57-46-49-59(71-62(68)63-53-48-56-65(5)55-45-44-54-64(3)4)50-47-58-70-61(67)52-43-41-39-37-35-33-31-29-27-25-23-21-19-17-15-13-11-9-7-2/h20-23,59H,6-19,24-58H2,1-5H3,(H,63,68)/b22-20-,23-21-. The number of carbonyl (C=O) groups excluding carboxylic acids is 3. The van der Waals surface area contributed by atoms with Gasteiger partial charge in [-0.25, -0.2) is 4.79 Å². The number of unbranched alkanes of at least 4 members (excludes halogenated alkanes) is 31. The molecule has 0 aromatic heterocycles. The second-order valence-electron chi connectivity index (χ2n) is 21.3. The van der Waals surface area contributed by atoms with Gasteiger partial charge < -0.3 is 29.3 Å². The van der Waals surface area contributed by atoms with Gasteiger partial charge in [-0.15, -0.1) is 0 Å². The van der Waals surface area contributed by atoms with E-state index in [4.69, 9.17) is 14.2 Å². The van der Waals surface area contributed by atoms with E-state index in [9.17, 15) is 14.4 Å². The Balaban J connectivity index is 4.24. The summed E-state index contributed by atoms with van der Waals surface area (Å²) in [6.07, 6.45) is 58.7. The summed E-state index contributed by atoms with van der Waals surface area (Å²) in [7, 11) is 6.34. The fourth-order valence-corrected chi connectivity index (χ4v) is 9.15. The normalized spacial score (nSPS) is 11.8. The average molecular weight is 1000 g/mol. The summed E-state index contributed by atoms with van der Waals surface area (Å²) in [6, 6.07) is 0. The van der Waals surface area contributed by atoms with Crippen LogP contribution in [0.25, 0.3) is 0 Å². The number of rotatable bonds is 56. The average Bonchev–Trinajstić information content (AvgIpc) is 3.35. The third kappa shape index (κ3) is 56.8. The zero-order valence-electron chi connectivity index (χ0n) is 47.9. The Labute approximate surface area is 441 Å². The molecule has 9 nitrogen and oxygen atoms in total. The van der Waals surface area contributed by atoms with Crippen LogP contribution in [-0.2, 0) is 23.8 Å². The summed E-state index contributed by atoms with van der Waals surface area (Å²) in [6.45, 7) is 8.81. The van der Waals surface area contributed by atoms with Crippen LogP contribution in [0.2, 0.25) is 0 Å². The minimum absolute atomic E-state index is 0.140. The summed E-state index contributed by atoms with van der Waals surface area (Å²) in [5.74, 6) is -0.280. The predicted octanol–water partition coefficient (Wildman–Crippen LogP) is 17.6. The summed E-state index contributed by atoms with van der Waals surface area (Å²) in [5, 5.41) is 2.93. The largest absolute Gasteiger partial charge is 0.466 e. The second-order valence-corrected chi connectivity index (χ2v) is 21.3. The van der Waals surface area contributed by atoms with Crippen molar-refractivity contribution < 1.29 is 28.6 Å². The Hall–Kier alpha value is -2.39. The van der Waals surface area contributed by atoms with E-state index in [1.165, 1.54) is 199 Å². The van der Waals surface area contributed by atoms with Crippen LogP contribution in [0.15, 0.2) is 24.3 Å². The SMILES string of the molecule is CCCCCCCC/C=C\CCCCCCCCCCCC(=O)OCCCC(CCCOC(=O)CCCCCCCCCCC/C=C\CCCCCCCC)OC(=O)NCCCN(C)CCCCN(C)C. The number of alkyl carbamates (subject to hydrolysis) is 1. The van der Waals surface area contributed by atoms with Gasteiger partial charge in [0.15, 0.2) is 0 Å². The molecule has 0 saturated heterocycles. The molecule has 0 fully saturated rings. The topological polar surface area (TPSA) is 97.4 Å². The number of nitrogens with one attached hydrogen (secondary N) is 1. The fourth-order valence-electron chi connectivity index (χ4n) is 9.15. The minimum atomic E-state index is -0.416. The van der Waals surface area contributed by atoms with Crippen molar-refractivity contribution in [3.8, 4) is 0 Å². The van der Waals surface area contributed by atoms with Gasteiger partial charge in [-0.05, 0) is 150 Å². The van der Waals surface area contributed by atoms with Crippen LogP contribution in [0.5, 0.6) is 0 Å². The molecule has 0 unspecified atom stereocenters. The number of esters is 2. The number of hydrogen-bond donors (Lipinski definition) is 1. The molecule has 0 atom stereocenters. The van der Waals surface area contributed by atoms with E-state index in [0.29, 0.717) is 58.3 Å². The van der Waals surface area contributed by atoms with E-state index < -0.39 is 6.09 Å². The van der Waals surface area contributed by atoms with E-state index in [1.807, 2.05) is 0 Å². The molecule has 0 radical (unpaired) electrons. The number of hydrogen-bond acceptors (Lipinski definition) is 8. The first-order chi connectivity index (χ1) is 34.8. The number of ether oxygens (including phenoxy) is 3. The second kappa shape index (κ2) is 56.9. The highest BCUT2D eigenvalue weighted by Gasteiger charge is 2.16. The van der Waals surface area contributed by atoms with Gasteiger partial charge in [0.25, 0.3) is 0 Å². The minimum Gasteiger partial charge on any atom is -0.466 e. The Morgan fingerprint density at radius 3 is 1.13 bits per heavy atom. The summed E-state index contributed by atoms with van der Waals surface area (Å²) >= 11 is 0. The van der Waals surface area contributed by atoms with Crippen molar-refractivity contribution in [2.45, 2.75) is 296 Å². The van der Waals surface area contributed by atoms with Crippen LogP contribution < -0.4 is 5.32 Å². The molecule has 0 aromatic rings. The predicted molar refractivity (Wildman–Crippen MR) is 304 cm³/mol. The van der Waals surface area contributed by atoms with Crippen LogP contribution in [0, 0.1) is 0 Å². The van der Waals surface area contributed by atoms with Gasteiger partial charge in [-0.2, -0.15) is 0 Å². The number of nitrogens with zero attached hydrogens (tertiary/aromatic N) is 2. The molecule has 71 heavy (non-hydrogen) atoms. The molecule has 0 spiro atoms. The van der Waals surface area contributed by atoms with Gasteiger partial charge in [0, 0.05) is 19.4 Å². The molecule has 0 rings (SSSR count). The van der Waals surface area contributed by atoms with Crippen molar-refractivity contribution in [2.24, 2.45) is 0 Å². The van der Waals surface area contributed by atoms with Gasteiger partial charge in [0.05, 0.1) is 13.2 Å². The van der Waals surface area contributed by atoms with E-state index in [0.717, 1.165) is 58.2 Å². The van der Waals surface area contributed by atoms with E-state index in [2.05, 4.69) is 74.4 Å². The third-order valence-corrected chi connectivity index (χ3v) is 13.8. The fraction of sp³-hybridized carbons (Fsp3) is 0.887. The molecule has 1 N–H and O–H groups in total. The third-order valence-electron chi connectivity index (χ3n) is 13.8. The molecule has 0 heterocycles. The molecule has 1 amide bonds. The van der Waals surface area contributed by atoms with E-state index >= 15 is 0 Å². The van der Waals surface area contributed by atoms with Gasteiger partial charge in [-0.3, -0.25) is 9.59 Å². The Kier molecular flexibility index (Phi) is 55.0. The van der Waals surface area contributed by atoms with Crippen molar-refractivity contribution in [3.63, 3.8) is 0 Å². The van der Waals surface area contributed by atoms with Gasteiger partial charge in [0.2, 0.25) is 0 Å². The first-order valence-electron chi connectivity index (χ1n) is 30.7. The molecule has 0 aliphatic rings. The molecule has 0 saturated carbocycles. The summed E-state index contributed by atoms with van der Waals surface area (Å²) in [4.78, 5) is 42.3. The van der Waals surface area contributed by atoms with Crippen molar-refractivity contribution in [2.75, 3.05) is 60.5 Å². The lowest BCUT2D eigenvalue weighted by atomic mass is 10.1. The molecular weight excluding hydrogens is 883 g/mol. The van der Waals surface area contributed by atoms with Crippen molar-refractivity contribution in [1.29, 1.82) is 0 Å². The number of allylic oxidation sites excluding steroid dienone is 4. The molecule has 0 bridgehead atoms. The lowest BCUT2D eigenvalue weighted by molar-refractivity contribution is -0.144. The van der Waals surface area contributed by atoms with Crippen LogP contribution in [-0.4, -0.2) is 94.5 Å². The lowest BCUT2D eigenvalue weighted by Gasteiger charge is -2.19. The van der Waals surface area contributed by atoms with Crippen LogP contribution in [0.1, 0.15) is 290 Å². The molecule has 418 valence electrons. The Morgan fingerprint density at radius 2 is 0.746 bits per heavy atom. The molecular formula is C62H119N3O6. The maximum Gasteiger partial charge on any atom is 0.407 e. The first-order valence-corrected chi connectivity index (χ1v) is 30.7. The number of carbonyl (C=O) groups is 3. The Bertz CT molecular complexity index is 1130. The Morgan fingerprint density at radius 1 is 0.408 bits per heavy atom. The van der Waals surface area contributed by atoms with E-state index in [-0.39, 0.29) is 18.0 Å². The maximum absolute atomic E-state index is 12.8. The van der Waals surface area contributed by atoms with Gasteiger partial charge in [0.1, 0.15) is 6.10 Å². The first kappa shape index (κ1) is 68.6. The molecule has 0 aliphatic carbocycles. The van der Waals surface area contributed by atoms with Gasteiger partial charge >= 0.3 is 18.0 Å². The molecule has 0 aliphatic heterocycles. The molecule has 9 heteroatoms. The highest BCUT2D eigenvalue weighted by atomic mass is 16.6. The van der Waals surface area contributed by atoms with E-state index in [1.54, 1.807) is 0 Å². The highest BCUT2D eigenvalue weighted by Crippen LogP contribution is 2.16. The quantitative estimate of drug-likeness (QED) is 0.0279. The van der Waals surface area contributed by atoms with Crippen molar-refractivity contribution >= 4 is 18.0 Å². The zero-order valence-corrected chi connectivity index (χ0v) is 47.9. The monoisotopic (exact) mass is 1000 g/mol. The highest BCUT2D eigenvalue weighted by molar-refractivity contribution is 5.69. The van der Waals surface area contributed by atoms with Crippen LogP contribution in [0.4, 0.5) is 4.79 Å². The maximum atomic E-state index is 12.8. The number of amides is 1. The summed E-state index contributed by atoms with van der Waals surface area (Å²) < 4.78 is 17.0. The zero-order chi connectivity index (χ0) is 51.8. The van der Waals surface area contributed by atoms with Crippen LogP contribution in [0.3, 0.4) is 0 Å².